The number of aliphatic hydroxyl groups is 1. The smallest absolute Gasteiger partial charge is 0.257 e. The Morgan fingerprint density at radius 1 is 1.04 bits per heavy atom. The van der Waals surface area contributed by atoms with Gasteiger partial charge in [0.05, 0.1) is 28.6 Å². The number of nitrogens with one attached hydrogen (secondary N) is 3. The van der Waals surface area contributed by atoms with Gasteiger partial charge < -0.3 is 25.6 Å². The molecule has 6 atom stereocenters. The summed E-state index contributed by atoms with van der Waals surface area (Å²) in [5.41, 5.74) is 0.778. The van der Waals surface area contributed by atoms with E-state index in [1.807, 2.05) is 51.1 Å². The molecule has 4 rings (SSSR count). The van der Waals surface area contributed by atoms with Gasteiger partial charge in [-0.1, -0.05) is 54.8 Å². The molecule has 1 aliphatic carbocycles. The van der Waals surface area contributed by atoms with Crippen molar-refractivity contribution in [1.82, 2.24) is 26.0 Å². The summed E-state index contributed by atoms with van der Waals surface area (Å²) in [6.45, 7) is 10.9. The van der Waals surface area contributed by atoms with Gasteiger partial charge in [-0.25, -0.2) is 8.42 Å². The zero-order valence-corrected chi connectivity index (χ0v) is 30.1. The minimum absolute atomic E-state index is 0.0728. The lowest BCUT2D eigenvalue weighted by Crippen LogP contribution is -2.64. The molecule has 1 aliphatic heterocycles. The highest BCUT2D eigenvalue weighted by atomic mass is 32.2. The monoisotopic (exact) mass is 687 g/mol. The summed E-state index contributed by atoms with van der Waals surface area (Å²) in [7, 11) is -3.88. The fraction of sp³-hybridized carbons (Fsp3) is 0.657. The number of aliphatic hydroxyl groups excluding tert-OH is 1. The molecule has 1 saturated heterocycles. The molecule has 1 aromatic heterocycles. The summed E-state index contributed by atoms with van der Waals surface area (Å²) >= 11 is 0. The van der Waals surface area contributed by atoms with E-state index in [1.54, 1.807) is 6.92 Å². The van der Waals surface area contributed by atoms with Crippen LogP contribution in [0.15, 0.2) is 41.1 Å². The second-order valence-electron chi connectivity index (χ2n) is 15.2. The number of nitrogens with zero attached hydrogens (tertiary/aromatic N) is 2. The summed E-state index contributed by atoms with van der Waals surface area (Å²) in [5, 5.41) is 24.2. The minimum Gasteiger partial charge on any atom is -0.390 e. The molecule has 0 bridgehead atoms. The van der Waals surface area contributed by atoms with Gasteiger partial charge in [-0.2, -0.15) is 0 Å². The molecule has 2 aromatic rings. The van der Waals surface area contributed by atoms with E-state index in [-0.39, 0.29) is 30.1 Å². The molecule has 3 amide bonds. The third-order valence-corrected chi connectivity index (χ3v) is 12.1. The number of rotatable bonds is 12. The van der Waals surface area contributed by atoms with Crippen molar-refractivity contribution in [3.63, 3.8) is 0 Å². The quantitative estimate of drug-likeness (QED) is 0.262. The van der Waals surface area contributed by atoms with Crippen molar-refractivity contribution < 1.29 is 32.4 Å². The van der Waals surface area contributed by atoms with Crippen molar-refractivity contribution in [2.45, 2.75) is 115 Å². The third kappa shape index (κ3) is 9.23. The molecule has 0 spiro atoms. The molecule has 0 radical (unpaired) electrons. The molecular formula is C35H53N5O7S. The molecule has 4 N–H and O–H groups in total. The van der Waals surface area contributed by atoms with E-state index in [2.05, 4.69) is 26.0 Å². The van der Waals surface area contributed by atoms with Gasteiger partial charge in [0, 0.05) is 24.9 Å². The van der Waals surface area contributed by atoms with Crippen LogP contribution in [0.5, 0.6) is 0 Å². The predicted octanol–water partition coefficient (Wildman–Crippen LogP) is 2.79. The Kier molecular flexibility index (Phi) is 11.8. The van der Waals surface area contributed by atoms with Crippen LogP contribution in [0, 0.1) is 18.8 Å². The van der Waals surface area contributed by atoms with Crippen LogP contribution in [0.2, 0.25) is 0 Å². The highest BCUT2D eigenvalue weighted by Gasteiger charge is 2.46. The van der Waals surface area contributed by atoms with E-state index in [0.717, 1.165) is 43.8 Å². The number of sulfone groups is 1. The third-order valence-electron chi connectivity index (χ3n) is 10.00. The lowest BCUT2D eigenvalue weighted by atomic mass is 9.72. The Hall–Kier alpha value is -3.29. The Labute approximate surface area is 284 Å². The predicted molar refractivity (Wildman–Crippen MR) is 183 cm³/mol. The topological polar surface area (TPSA) is 171 Å². The van der Waals surface area contributed by atoms with E-state index in [9.17, 15) is 27.9 Å². The van der Waals surface area contributed by atoms with Gasteiger partial charge in [-0.15, -0.1) is 0 Å². The number of carbonyl (C=O) groups excluding carboxylic acids is 3. The number of fused-ring (bicyclic) bond motifs is 1. The van der Waals surface area contributed by atoms with Crippen molar-refractivity contribution in [3.05, 3.63) is 53.4 Å². The number of likely N-dealkylation sites (tertiary alicyclic amines) is 1. The molecule has 48 heavy (non-hydrogen) atoms. The number of aryl methyl sites for hydroxylation is 1. The van der Waals surface area contributed by atoms with E-state index < -0.39 is 56.2 Å². The van der Waals surface area contributed by atoms with Crippen LogP contribution in [0.4, 0.5) is 0 Å². The first kappa shape index (κ1) is 37.5. The highest BCUT2D eigenvalue weighted by molar-refractivity contribution is 7.92. The van der Waals surface area contributed by atoms with Gasteiger partial charge in [-0.3, -0.25) is 19.3 Å². The maximum Gasteiger partial charge on any atom is 0.257 e. The van der Waals surface area contributed by atoms with Crippen LogP contribution < -0.4 is 16.0 Å². The Morgan fingerprint density at radius 3 is 2.27 bits per heavy atom. The zero-order valence-electron chi connectivity index (χ0n) is 29.3. The normalized spacial score (nSPS) is 22.5. The van der Waals surface area contributed by atoms with Gasteiger partial charge in [0.1, 0.15) is 17.9 Å². The summed E-state index contributed by atoms with van der Waals surface area (Å²) in [6, 6.07) is 6.52. The van der Waals surface area contributed by atoms with Gasteiger partial charge in [0.2, 0.25) is 11.8 Å². The van der Waals surface area contributed by atoms with Crippen LogP contribution in [-0.2, 0) is 25.8 Å². The molecule has 1 saturated carbocycles. The second-order valence-corrected chi connectivity index (χ2v) is 17.8. The summed E-state index contributed by atoms with van der Waals surface area (Å²) < 4.78 is 29.1. The highest BCUT2D eigenvalue weighted by Crippen LogP contribution is 2.39. The molecule has 2 heterocycles. The van der Waals surface area contributed by atoms with Crippen molar-refractivity contribution in [2.75, 3.05) is 19.3 Å². The maximum atomic E-state index is 14.1. The van der Waals surface area contributed by atoms with Crippen molar-refractivity contribution in [3.8, 4) is 0 Å². The van der Waals surface area contributed by atoms with Crippen molar-refractivity contribution in [1.29, 1.82) is 0 Å². The number of amides is 3. The average Bonchev–Trinajstić information content (AvgIpc) is 3.43. The van der Waals surface area contributed by atoms with E-state index in [1.165, 1.54) is 13.8 Å². The number of aromatic nitrogens is 1. The first-order chi connectivity index (χ1) is 22.4. The minimum atomic E-state index is -3.88. The summed E-state index contributed by atoms with van der Waals surface area (Å²) in [6.07, 6.45) is 6.41. The van der Waals surface area contributed by atoms with E-state index in [4.69, 9.17) is 4.52 Å². The number of piperidine rings is 1. The fourth-order valence-corrected chi connectivity index (χ4v) is 7.49. The van der Waals surface area contributed by atoms with Crippen molar-refractivity contribution in [2.24, 2.45) is 11.8 Å². The molecule has 12 nitrogen and oxygen atoms in total. The Bertz CT molecular complexity index is 1540. The maximum absolute atomic E-state index is 14.1. The standard InChI is InChI=1S/C35H53N5O7S/c1-22-26(21-47-39-22)31(42)37-30(35(5,6)48(7,45)46)33(44)36-27(17-23-13-9-8-10-14-23)29(41)20-40-19-25-16-12-11-15-24(25)18-28(40)32(43)38-34(2,3)4/h8-10,13-14,21,24-25,27-30,41H,11-12,15-20H2,1-7H3,(H,36,44)(H,37,42)(H,38,43)/t24-,25+,27?,28?,29?,30+/m0/s1. The number of hydrogen-bond acceptors (Lipinski definition) is 9. The van der Waals surface area contributed by atoms with Crippen LogP contribution in [0.3, 0.4) is 0 Å². The number of benzene rings is 1. The first-order valence-electron chi connectivity index (χ1n) is 16.9. The molecule has 3 unspecified atom stereocenters. The first-order valence-corrected chi connectivity index (χ1v) is 18.8. The molecular weight excluding hydrogens is 634 g/mol. The van der Waals surface area contributed by atoms with Crippen LogP contribution >= 0.6 is 0 Å². The van der Waals surface area contributed by atoms with E-state index >= 15 is 0 Å². The van der Waals surface area contributed by atoms with Crippen molar-refractivity contribution >= 4 is 27.6 Å². The largest absolute Gasteiger partial charge is 0.390 e. The summed E-state index contributed by atoms with van der Waals surface area (Å²) in [4.78, 5) is 43.0. The summed E-state index contributed by atoms with van der Waals surface area (Å²) in [5.74, 6) is -0.694. The van der Waals surface area contributed by atoms with Gasteiger partial charge in [0.15, 0.2) is 9.84 Å². The lowest BCUT2D eigenvalue weighted by Gasteiger charge is -2.47. The number of carbonyl (C=O) groups is 3. The fourth-order valence-electron chi connectivity index (χ4n) is 6.90. The van der Waals surface area contributed by atoms with Gasteiger partial charge >= 0.3 is 0 Å². The molecule has 266 valence electrons. The van der Waals surface area contributed by atoms with Crippen LogP contribution in [0.25, 0.3) is 0 Å². The SMILES string of the molecule is Cc1nocc1C(=O)N[C@H](C(=O)NC(Cc1ccccc1)C(O)CN1C[C@H]2CCCC[C@H]2CC1C(=O)NC(C)(C)C)C(C)(C)S(C)(=O)=O. The number of hydrogen-bond donors (Lipinski definition) is 4. The molecule has 2 fully saturated rings. The van der Waals surface area contributed by atoms with Gasteiger partial charge in [-0.05, 0) is 78.2 Å². The second kappa shape index (κ2) is 15.1. The average molecular weight is 688 g/mol. The Morgan fingerprint density at radius 2 is 1.69 bits per heavy atom. The number of β-amino-alcohol motifs (C(OH)–C–C–N with tert-alkyl or cyclic N) is 1. The Balaban J connectivity index is 1.63. The lowest BCUT2D eigenvalue weighted by molar-refractivity contribution is -0.133. The molecule has 13 heteroatoms. The van der Waals surface area contributed by atoms with Crippen LogP contribution in [-0.4, -0.2) is 95.2 Å². The molecule has 1 aromatic carbocycles. The zero-order chi connectivity index (χ0) is 35.4. The van der Waals surface area contributed by atoms with Gasteiger partial charge in [0.25, 0.3) is 5.91 Å². The van der Waals surface area contributed by atoms with Crippen LogP contribution in [0.1, 0.15) is 88.3 Å². The molecule has 2 aliphatic rings. The van der Waals surface area contributed by atoms with E-state index in [0.29, 0.717) is 24.8 Å².